The summed E-state index contributed by atoms with van der Waals surface area (Å²) in [5.41, 5.74) is -3.65. The van der Waals surface area contributed by atoms with Gasteiger partial charge >= 0.3 is 11.8 Å². The van der Waals surface area contributed by atoms with Crippen LogP contribution in [0.2, 0.25) is 0 Å². The van der Waals surface area contributed by atoms with Crippen LogP contribution in [0.25, 0.3) is 11.1 Å². The molecule has 1 saturated heterocycles. The van der Waals surface area contributed by atoms with Crippen molar-refractivity contribution in [3.8, 4) is 11.1 Å². The molecule has 0 radical (unpaired) electrons. The lowest BCUT2D eigenvalue weighted by Crippen LogP contribution is -2.41. The Hall–Kier alpha value is -2.28. The summed E-state index contributed by atoms with van der Waals surface area (Å²) in [6.07, 6.45) is 4.96. The van der Waals surface area contributed by atoms with Crippen molar-refractivity contribution in [2.75, 3.05) is 6.61 Å². The Balaban J connectivity index is 1.78. The molecule has 2 aromatic rings. The summed E-state index contributed by atoms with van der Waals surface area (Å²) in [6.45, 7) is 5.51. The van der Waals surface area contributed by atoms with E-state index in [-0.39, 0.29) is 30.3 Å². The molecule has 0 bridgehead atoms. The van der Waals surface area contributed by atoms with Crippen LogP contribution in [-0.4, -0.2) is 12.7 Å². The first-order valence-corrected chi connectivity index (χ1v) is 11.3. The lowest BCUT2D eigenvalue weighted by Gasteiger charge is -2.37. The van der Waals surface area contributed by atoms with Crippen molar-refractivity contribution in [1.82, 2.24) is 0 Å². The van der Waals surface area contributed by atoms with Crippen LogP contribution in [0.4, 0.5) is 26.3 Å². The van der Waals surface area contributed by atoms with Gasteiger partial charge in [-0.15, -0.1) is 6.58 Å². The molecule has 178 valence electrons. The molecule has 2 atom stereocenters. The van der Waals surface area contributed by atoms with Gasteiger partial charge in [0.1, 0.15) is 11.6 Å². The Morgan fingerprint density at radius 1 is 0.970 bits per heavy atom. The van der Waals surface area contributed by atoms with E-state index >= 15 is 22.0 Å². The number of fused-ring (bicyclic) bond motifs is 3. The third-order valence-electron chi connectivity index (χ3n) is 6.73. The molecule has 0 N–H and O–H groups in total. The van der Waals surface area contributed by atoms with Crippen LogP contribution in [0, 0.1) is 11.6 Å². The Morgan fingerprint density at radius 2 is 1.61 bits per heavy atom. The molecule has 7 heteroatoms. The number of benzene rings is 2. The molecule has 0 amide bonds. The SMILES string of the molecule is C=CCCC1CCC(c2ccc3c(c2F)C(F)(F)C(F)(F)c2c-3ccc(CCC)c2F)CO1. The molecule has 1 nitrogen and oxygen atoms in total. The quantitative estimate of drug-likeness (QED) is 0.308. The van der Waals surface area contributed by atoms with Crippen molar-refractivity contribution in [2.24, 2.45) is 0 Å². The molecular weight excluding hydrogens is 442 g/mol. The van der Waals surface area contributed by atoms with Crippen molar-refractivity contribution in [3.05, 3.63) is 70.8 Å². The minimum Gasteiger partial charge on any atom is -0.378 e. The van der Waals surface area contributed by atoms with Gasteiger partial charge in [-0.05, 0) is 54.4 Å². The minimum atomic E-state index is -4.90. The molecular formula is C26H26F6O. The van der Waals surface area contributed by atoms with Crippen molar-refractivity contribution >= 4 is 0 Å². The first-order chi connectivity index (χ1) is 15.6. The fourth-order valence-corrected chi connectivity index (χ4v) is 4.95. The highest BCUT2D eigenvalue weighted by atomic mass is 19.3. The predicted octanol–water partition coefficient (Wildman–Crippen LogP) is 8.01. The summed E-state index contributed by atoms with van der Waals surface area (Å²) in [4.78, 5) is 0. The number of ether oxygens (including phenoxy) is 1. The zero-order valence-electron chi connectivity index (χ0n) is 18.4. The number of halogens is 6. The summed E-state index contributed by atoms with van der Waals surface area (Å²) >= 11 is 0. The molecule has 0 saturated carbocycles. The maximum atomic E-state index is 15.5. The van der Waals surface area contributed by atoms with Crippen LogP contribution in [0.5, 0.6) is 0 Å². The average Bonchev–Trinajstić information content (AvgIpc) is 2.78. The highest BCUT2D eigenvalue weighted by Crippen LogP contribution is 2.60. The van der Waals surface area contributed by atoms with Gasteiger partial charge in [-0.1, -0.05) is 43.7 Å². The summed E-state index contributed by atoms with van der Waals surface area (Å²) in [7, 11) is 0. The Labute approximate surface area is 189 Å². The van der Waals surface area contributed by atoms with Gasteiger partial charge in [0.2, 0.25) is 0 Å². The largest absolute Gasteiger partial charge is 0.378 e. The van der Waals surface area contributed by atoms with E-state index in [0.717, 1.165) is 12.8 Å². The molecule has 1 heterocycles. The number of alkyl halides is 4. The van der Waals surface area contributed by atoms with Gasteiger partial charge in [0, 0.05) is 5.92 Å². The minimum absolute atomic E-state index is 0.0297. The van der Waals surface area contributed by atoms with Gasteiger partial charge in [0.15, 0.2) is 0 Å². The summed E-state index contributed by atoms with van der Waals surface area (Å²) < 4.78 is 96.6. The van der Waals surface area contributed by atoms with E-state index in [4.69, 9.17) is 4.74 Å². The van der Waals surface area contributed by atoms with Crippen molar-refractivity contribution < 1.29 is 31.1 Å². The van der Waals surface area contributed by atoms with E-state index in [1.54, 1.807) is 13.0 Å². The first kappa shape index (κ1) is 23.9. The third kappa shape index (κ3) is 3.78. The zero-order chi connectivity index (χ0) is 24.0. The molecule has 33 heavy (non-hydrogen) atoms. The highest BCUT2D eigenvalue weighted by molar-refractivity contribution is 5.77. The van der Waals surface area contributed by atoms with Crippen LogP contribution >= 0.6 is 0 Å². The number of rotatable bonds is 6. The van der Waals surface area contributed by atoms with Crippen LogP contribution in [0.15, 0.2) is 36.9 Å². The fraction of sp³-hybridized carbons (Fsp3) is 0.462. The van der Waals surface area contributed by atoms with E-state index in [0.29, 0.717) is 19.3 Å². The maximum Gasteiger partial charge on any atom is 0.343 e. The molecule has 1 aliphatic carbocycles. The number of hydrogen-bond acceptors (Lipinski definition) is 1. The monoisotopic (exact) mass is 468 g/mol. The third-order valence-corrected chi connectivity index (χ3v) is 6.73. The second-order valence-corrected chi connectivity index (χ2v) is 8.85. The van der Waals surface area contributed by atoms with Gasteiger partial charge in [-0.3, -0.25) is 0 Å². The predicted molar refractivity (Wildman–Crippen MR) is 115 cm³/mol. The summed E-state index contributed by atoms with van der Waals surface area (Å²) in [5.74, 6) is -13.0. The Kier molecular flexibility index (Phi) is 6.38. The van der Waals surface area contributed by atoms with Crippen molar-refractivity contribution in [3.63, 3.8) is 0 Å². The highest BCUT2D eigenvalue weighted by Gasteiger charge is 2.65. The topological polar surface area (TPSA) is 9.23 Å². The van der Waals surface area contributed by atoms with Crippen LogP contribution in [-0.2, 0) is 23.0 Å². The fourth-order valence-electron chi connectivity index (χ4n) is 4.95. The average molecular weight is 468 g/mol. The van der Waals surface area contributed by atoms with E-state index in [2.05, 4.69) is 6.58 Å². The molecule has 1 aliphatic heterocycles. The standard InChI is InChI=1S/C26H26F6O/c1-3-5-7-17-10-8-16(14-33-17)18-12-13-20-19-11-9-15(6-4-2)23(27)21(19)25(29,30)26(31,32)22(20)24(18)28/h3,9,11-13,16-17H,1,4-8,10,14H2,2H3. The number of hydrogen-bond donors (Lipinski definition) is 0. The van der Waals surface area contributed by atoms with Gasteiger partial charge in [-0.2, -0.15) is 17.6 Å². The second kappa shape index (κ2) is 8.82. The maximum absolute atomic E-state index is 15.5. The van der Waals surface area contributed by atoms with Crippen LogP contribution in [0.3, 0.4) is 0 Å². The van der Waals surface area contributed by atoms with Gasteiger partial charge in [0.05, 0.1) is 23.8 Å². The van der Waals surface area contributed by atoms with Crippen LogP contribution in [0.1, 0.15) is 67.2 Å². The molecule has 2 unspecified atom stereocenters. The van der Waals surface area contributed by atoms with E-state index in [1.807, 2.05) is 0 Å². The first-order valence-electron chi connectivity index (χ1n) is 11.3. The van der Waals surface area contributed by atoms with Gasteiger partial charge in [0.25, 0.3) is 0 Å². The summed E-state index contributed by atoms with van der Waals surface area (Å²) in [6, 6.07) is 5.05. The summed E-state index contributed by atoms with van der Waals surface area (Å²) in [5, 5.41) is 0. The van der Waals surface area contributed by atoms with Crippen LogP contribution < -0.4 is 0 Å². The number of aryl methyl sites for hydroxylation is 1. The van der Waals surface area contributed by atoms with Crippen molar-refractivity contribution in [1.29, 1.82) is 0 Å². The lowest BCUT2D eigenvalue weighted by atomic mass is 9.77. The molecule has 2 aliphatic rings. The van der Waals surface area contributed by atoms with E-state index in [9.17, 15) is 4.39 Å². The Bertz CT molecular complexity index is 1050. The number of allylic oxidation sites excluding steroid dienone is 1. The lowest BCUT2D eigenvalue weighted by molar-refractivity contribution is -0.227. The molecule has 4 rings (SSSR count). The Morgan fingerprint density at radius 3 is 2.18 bits per heavy atom. The van der Waals surface area contributed by atoms with Gasteiger partial charge < -0.3 is 4.74 Å². The normalized spacial score (nSPS) is 23.0. The zero-order valence-corrected chi connectivity index (χ0v) is 18.4. The van der Waals surface area contributed by atoms with E-state index < -0.39 is 51.7 Å². The second-order valence-electron chi connectivity index (χ2n) is 8.85. The van der Waals surface area contributed by atoms with Gasteiger partial charge in [-0.25, -0.2) is 8.78 Å². The molecule has 0 spiro atoms. The molecule has 2 aromatic carbocycles. The molecule has 1 fully saturated rings. The molecule has 0 aromatic heterocycles. The van der Waals surface area contributed by atoms with Crippen molar-refractivity contribution in [2.45, 2.75) is 69.3 Å². The smallest absolute Gasteiger partial charge is 0.343 e. The van der Waals surface area contributed by atoms with E-state index in [1.165, 1.54) is 24.3 Å².